The van der Waals surface area contributed by atoms with Crippen LogP contribution in [0.3, 0.4) is 0 Å². The van der Waals surface area contributed by atoms with Gasteiger partial charge in [0.15, 0.2) is 11.5 Å². The van der Waals surface area contributed by atoms with E-state index in [2.05, 4.69) is 47.1 Å². The molecule has 0 saturated heterocycles. The van der Waals surface area contributed by atoms with Gasteiger partial charge in [-0.05, 0) is 50.1 Å². The third-order valence-electron chi connectivity index (χ3n) is 5.62. The fraction of sp³-hybridized carbons (Fsp3) is 0.333. The van der Waals surface area contributed by atoms with Crippen molar-refractivity contribution in [2.75, 3.05) is 32.6 Å². The second-order valence-corrected chi connectivity index (χ2v) is 7.84. The summed E-state index contributed by atoms with van der Waals surface area (Å²) < 4.78 is 12.8. The normalized spacial score (nSPS) is 14.0. The van der Waals surface area contributed by atoms with Gasteiger partial charge < -0.3 is 24.3 Å². The van der Waals surface area contributed by atoms with Gasteiger partial charge in [-0.25, -0.2) is 9.78 Å². The van der Waals surface area contributed by atoms with Gasteiger partial charge in [0.2, 0.25) is 0 Å². The number of anilines is 1. The summed E-state index contributed by atoms with van der Waals surface area (Å²) in [6.45, 7) is 5.53. The summed E-state index contributed by atoms with van der Waals surface area (Å²) >= 11 is 0. The number of methoxy groups -OCH3 is 2. The van der Waals surface area contributed by atoms with Gasteiger partial charge in [-0.2, -0.15) is 0 Å². The summed E-state index contributed by atoms with van der Waals surface area (Å²) in [4.78, 5) is 19.2. The first kappa shape index (κ1) is 20.8. The van der Waals surface area contributed by atoms with Gasteiger partial charge in [-0.1, -0.05) is 6.08 Å². The molecule has 1 N–H and O–H groups in total. The van der Waals surface area contributed by atoms with Crippen LogP contribution in [0.15, 0.2) is 48.8 Å². The van der Waals surface area contributed by atoms with Gasteiger partial charge in [0.1, 0.15) is 5.65 Å². The number of nitrogens with one attached hydrogen (secondary N) is 1. The van der Waals surface area contributed by atoms with Gasteiger partial charge in [-0.3, -0.25) is 0 Å². The molecule has 2 amide bonds. The van der Waals surface area contributed by atoms with Gasteiger partial charge in [0.25, 0.3) is 0 Å². The Morgan fingerprint density at radius 1 is 1.16 bits per heavy atom. The Balaban J connectivity index is 1.50. The van der Waals surface area contributed by atoms with E-state index in [4.69, 9.17) is 9.47 Å². The van der Waals surface area contributed by atoms with Crippen LogP contribution in [0.2, 0.25) is 0 Å². The Bertz CT molecular complexity index is 1130. The highest BCUT2D eigenvalue weighted by Gasteiger charge is 2.21. The van der Waals surface area contributed by atoms with E-state index in [1.807, 2.05) is 12.3 Å². The van der Waals surface area contributed by atoms with Crippen LogP contribution >= 0.6 is 0 Å². The van der Waals surface area contributed by atoms with Crippen molar-refractivity contribution >= 4 is 28.3 Å². The molecule has 162 valence electrons. The summed E-state index contributed by atoms with van der Waals surface area (Å²) in [5.41, 5.74) is 4.13. The summed E-state index contributed by atoms with van der Waals surface area (Å²) in [7, 11) is 3.16. The van der Waals surface area contributed by atoms with Crippen LogP contribution in [0, 0.1) is 0 Å². The molecule has 0 unspecified atom stereocenters. The SMILES string of the molecule is COc1ccc(NC(=O)N2CC=C(c3cn(C(C)C)c4ncccc34)CC2)cc1OC. The highest BCUT2D eigenvalue weighted by atomic mass is 16.5. The van der Waals surface area contributed by atoms with Gasteiger partial charge in [0, 0.05) is 54.2 Å². The fourth-order valence-corrected chi connectivity index (χ4v) is 3.95. The fourth-order valence-electron chi connectivity index (χ4n) is 3.95. The number of amides is 2. The van der Waals surface area contributed by atoms with Crippen molar-refractivity contribution in [1.29, 1.82) is 0 Å². The van der Waals surface area contributed by atoms with E-state index in [0.29, 0.717) is 36.3 Å². The molecule has 31 heavy (non-hydrogen) atoms. The number of hydrogen-bond donors (Lipinski definition) is 1. The minimum atomic E-state index is -0.131. The van der Waals surface area contributed by atoms with Gasteiger partial charge in [0.05, 0.1) is 14.2 Å². The second kappa shape index (κ2) is 8.71. The first-order valence-electron chi connectivity index (χ1n) is 10.4. The molecule has 0 bridgehead atoms. The number of hydrogen-bond acceptors (Lipinski definition) is 4. The van der Waals surface area contributed by atoms with Crippen molar-refractivity contribution in [2.45, 2.75) is 26.3 Å². The molecule has 3 heterocycles. The average molecular weight is 421 g/mol. The third kappa shape index (κ3) is 4.08. The zero-order chi connectivity index (χ0) is 22.0. The van der Waals surface area contributed by atoms with Crippen LogP contribution in [0.4, 0.5) is 10.5 Å². The number of aromatic nitrogens is 2. The van der Waals surface area contributed by atoms with E-state index in [-0.39, 0.29) is 6.03 Å². The third-order valence-corrected chi connectivity index (χ3v) is 5.62. The summed E-state index contributed by atoms with van der Waals surface area (Å²) in [5.74, 6) is 1.21. The summed E-state index contributed by atoms with van der Waals surface area (Å²) in [6.07, 6.45) is 6.96. The first-order chi connectivity index (χ1) is 15.0. The predicted molar refractivity (Wildman–Crippen MR) is 123 cm³/mol. The van der Waals surface area contributed by atoms with E-state index in [1.54, 1.807) is 37.3 Å². The Kier molecular flexibility index (Phi) is 5.84. The molecule has 0 atom stereocenters. The number of urea groups is 1. The van der Waals surface area contributed by atoms with Crippen molar-refractivity contribution < 1.29 is 14.3 Å². The monoisotopic (exact) mass is 420 g/mol. The van der Waals surface area contributed by atoms with E-state index in [9.17, 15) is 4.79 Å². The number of carbonyl (C=O) groups is 1. The van der Waals surface area contributed by atoms with E-state index >= 15 is 0 Å². The van der Waals surface area contributed by atoms with Crippen LogP contribution in [0.1, 0.15) is 31.9 Å². The van der Waals surface area contributed by atoms with Gasteiger partial charge in [-0.15, -0.1) is 0 Å². The largest absolute Gasteiger partial charge is 0.493 e. The Labute approximate surface area is 182 Å². The standard InChI is InChI=1S/C24H28N4O3/c1-16(2)28-15-20(19-6-5-11-25-23(19)28)17-9-12-27(13-10-17)24(29)26-18-7-8-21(30-3)22(14-18)31-4/h5-9,11,14-16H,10,12-13H2,1-4H3,(H,26,29). The quantitative estimate of drug-likeness (QED) is 0.634. The maximum absolute atomic E-state index is 12.8. The highest BCUT2D eigenvalue weighted by molar-refractivity contribution is 5.93. The highest BCUT2D eigenvalue weighted by Crippen LogP contribution is 2.32. The summed E-state index contributed by atoms with van der Waals surface area (Å²) in [6, 6.07) is 9.64. The number of nitrogens with zero attached hydrogens (tertiary/aromatic N) is 3. The van der Waals surface area contributed by atoms with E-state index < -0.39 is 0 Å². The van der Waals surface area contributed by atoms with Crippen LogP contribution in [-0.2, 0) is 0 Å². The number of fused-ring (bicyclic) bond motifs is 1. The molecule has 0 radical (unpaired) electrons. The second-order valence-electron chi connectivity index (χ2n) is 7.84. The minimum absolute atomic E-state index is 0.131. The lowest BCUT2D eigenvalue weighted by Crippen LogP contribution is -2.37. The molecular weight excluding hydrogens is 392 g/mol. The van der Waals surface area contributed by atoms with Crippen LogP contribution < -0.4 is 14.8 Å². The number of benzene rings is 1. The Hall–Kier alpha value is -3.48. The Morgan fingerprint density at radius 2 is 1.97 bits per heavy atom. The van der Waals surface area contributed by atoms with Crippen molar-refractivity contribution in [3.8, 4) is 11.5 Å². The molecule has 3 aromatic rings. The number of ether oxygens (including phenoxy) is 2. The Morgan fingerprint density at radius 3 is 2.65 bits per heavy atom. The molecule has 1 aliphatic rings. The molecule has 1 aromatic carbocycles. The number of carbonyl (C=O) groups excluding carboxylic acids is 1. The molecule has 0 fully saturated rings. The molecule has 7 nitrogen and oxygen atoms in total. The lowest BCUT2D eigenvalue weighted by Gasteiger charge is -2.27. The lowest BCUT2D eigenvalue weighted by molar-refractivity contribution is 0.217. The van der Waals surface area contributed by atoms with Crippen LogP contribution in [0.5, 0.6) is 11.5 Å². The first-order valence-corrected chi connectivity index (χ1v) is 10.4. The zero-order valence-corrected chi connectivity index (χ0v) is 18.4. The van der Waals surface area contributed by atoms with Gasteiger partial charge >= 0.3 is 6.03 Å². The predicted octanol–water partition coefficient (Wildman–Crippen LogP) is 4.96. The molecule has 0 saturated carbocycles. The maximum Gasteiger partial charge on any atom is 0.322 e. The molecule has 1 aliphatic heterocycles. The molecule has 0 aliphatic carbocycles. The van der Waals surface area contributed by atoms with E-state index in [0.717, 1.165) is 17.5 Å². The van der Waals surface area contributed by atoms with Crippen molar-refractivity contribution in [3.63, 3.8) is 0 Å². The van der Waals surface area contributed by atoms with Crippen molar-refractivity contribution in [1.82, 2.24) is 14.5 Å². The number of pyridine rings is 1. The molecule has 7 heteroatoms. The maximum atomic E-state index is 12.8. The van der Waals surface area contributed by atoms with Crippen LogP contribution in [-0.4, -0.2) is 47.8 Å². The van der Waals surface area contributed by atoms with Crippen LogP contribution in [0.25, 0.3) is 16.6 Å². The topological polar surface area (TPSA) is 68.6 Å². The molecule has 2 aromatic heterocycles. The smallest absolute Gasteiger partial charge is 0.322 e. The molecule has 4 rings (SSSR count). The molecular formula is C24H28N4O3. The van der Waals surface area contributed by atoms with E-state index in [1.165, 1.54) is 11.1 Å². The van der Waals surface area contributed by atoms with Crippen molar-refractivity contribution in [2.24, 2.45) is 0 Å². The number of rotatable bonds is 5. The average Bonchev–Trinajstić information content (AvgIpc) is 3.19. The molecule has 0 spiro atoms. The summed E-state index contributed by atoms with van der Waals surface area (Å²) in [5, 5.41) is 4.11. The van der Waals surface area contributed by atoms with Crippen molar-refractivity contribution in [3.05, 3.63) is 54.4 Å². The lowest BCUT2D eigenvalue weighted by atomic mass is 10.00. The zero-order valence-electron chi connectivity index (χ0n) is 18.4. The minimum Gasteiger partial charge on any atom is -0.493 e.